The van der Waals surface area contributed by atoms with E-state index < -0.39 is 5.97 Å². The number of ether oxygens (including phenoxy) is 1. The van der Waals surface area contributed by atoms with Gasteiger partial charge >= 0.3 is 5.97 Å². The molecule has 0 bridgehead atoms. The molecule has 1 unspecified atom stereocenters. The van der Waals surface area contributed by atoms with E-state index >= 15 is 0 Å². The molecule has 0 amide bonds. The molecule has 3 nitrogen and oxygen atoms in total. The Hall–Kier alpha value is -0.220. The SMILES string of the molecule is CC(C)COCCSC(C)C(=O)O. The van der Waals surface area contributed by atoms with Crippen LogP contribution in [-0.4, -0.2) is 35.3 Å². The molecular formula is C9H18O3S. The molecule has 0 rings (SSSR count). The highest BCUT2D eigenvalue weighted by Gasteiger charge is 2.09. The first-order valence-electron chi connectivity index (χ1n) is 4.46. The zero-order valence-electron chi connectivity index (χ0n) is 8.45. The lowest BCUT2D eigenvalue weighted by atomic mass is 10.2. The number of carbonyl (C=O) groups is 1. The molecule has 0 spiro atoms. The van der Waals surface area contributed by atoms with Gasteiger partial charge in [0.15, 0.2) is 0 Å². The van der Waals surface area contributed by atoms with Crippen LogP contribution < -0.4 is 0 Å². The van der Waals surface area contributed by atoms with Crippen LogP contribution in [0, 0.1) is 5.92 Å². The molecule has 13 heavy (non-hydrogen) atoms. The minimum atomic E-state index is -0.756. The van der Waals surface area contributed by atoms with Gasteiger partial charge in [0, 0.05) is 12.4 Å². The van der Waals surface area contributed by atoms with Crippen LogP contribution >= 0.6 is 11.8 Å². The van der Waals surface area contributed by atoms with Crippen LogP contribution in [0.1, 0.15) is 20.8 Å². The molecule has 0 aliphatic rings. The molecule has 0 aromatic rings. The van der Waals surface area contributed by atoms with E-state index in [1.165, 1.54) is 11.8 Å². The van der Waals surface area contributed by atoms with Crippen molar-refractivity contribution in [2.75, 3.05) is 19.0 Å². The fraction of sp³-hybridized carbons (Fsp3) is 0.889. The Balaban J connectivity index is 3.21. The van der Waals surface area contributed by atoms with Crippen molar-refractivity contribution in [3.8, 4) is 0 Å². The summed E-state index contributed by atoms with van der Waals surface area (Å²) in [6.07, 6.45) is 0. The lowest BCUT2D eigenvalue weighted by Crippen LogP contribution is -2.14. The summed E-state index contributed by atoms with van der Waals surface area (Å²) in [5.74, 6) is 0.538. The first-order chi connectivity index (χ1) is 6.04. The molecule has 4 heteroatoms. The second kappa shape index (κ2) is 7.21. The zero-order chi connectivity index (χ0) is 10.3. The molecule has 1 N–H and O–H groups in total. The van der Waals surface area contributed by atoms with E-state index in [2.05, 4.69) is 13.8 Å². The average Bonchev–Trinajstić information content (AvgIpc) is 2.02. The van der Waals surface area contributed by atoms with Gasteiger partial charge in [0.05, 0.1) is 11.9 Å². The smallest absolute Gasteiger partial charge is 0.316 e. The zero-order valence-corrected chi connectivity index (χ0v) is 9.26. The monoisotopic (exact) mass is 206 g/mol. The molecule has 0 aromatic heterocycles. The predicted molar refractivity (Wildman–Crippen MR) is 55.2 cm³/mol. The highest BCUT2D eigenvalue weighted by Crippen LogP contribution is 2.09. The molecule has 0 fully saturated rings. The average molecular weight is 206 g/mol. The minimum Gasteiger partial charge on any atom is -0.480 e. The Kier molecular flexibility index (Phi) is 7.09. The highest BCUT2D eigenvalue weighted by atomic mass is 32.2. The molecule has 0 aliphatic carbocycles. The first kappa shape index (κ1) is 12.8. The van der Waals surface area contributed by atoms with Crippen molar-refractivity contribution in [2.24, 2.45) is 5.92 Å². The van der Waals surface area contributed by atoms with Gasteiger partial charge in [-0.3, -0.25) is 4.79 Å². The van der Waals surface area contributed by atoms with Crippen molar-refractivity contribution in [3.05, 3.63) is 0 Å². The third-order valence-electron chi connectivity index (χ3n) is 1.39. The molecule has 0 aliphatic heterocycles. The number of aliphatic carboxylic acids is 1. The second-order valence-corrected chi connectivity index (χ2v) is 4.77. The molecule has 0 radical (unpaired) electrons. The Morgan fingerprint density at radius 3 is 2.54 bits per heavy atom. The second-order valence-electron chi connectivity index (χ2n) is 3.32. The lowest BCUT2D eigenvalue weighted by Gasteiger charge is -2.08. The predicted octanol–water partition coefficient (Wildman–Crippen LogP) is 1.87. The highest BCUT2D eigenvalue weighted by molar-refractivity contribution is 8.00. The molecule has 1 atom stereocenters. The maximum Gasteiger partial charge on any atom is 0.316 e. The van der Waals surface area contributed by atoms with Gasteiger partial charge in [-0.2, -0.15) is 0 Å². The molecule has 0 heterocycles. The van der Waals surface area contributed by atoms with Crippen LogP contribution in [0.5, 0.6) is 0 Å². The Bertz CT molecular complexity index is 148. The van der Waals surface area contributed by atoms with Gasteiger partial charge in [-0.15, -0.1) is 11.8 Å². The van der Waals surface area contributed by atoms with Crippen LogP contribution in [-0.2, 0) is 9.53 Å². The van der Waals surface area contributed by atoms with E-state index in [9.17, 15) is 4.79 Å². The summed E-state index contributed by atoms with van der Waals surface area (Å²) in [6.45, 7) is 7.26. The van der Waals surface area contributed by atoms with Crippen LogP contribution in [0.25, 0.3) is 0 Å². The van der Waals surface area contributed by atoms with Gasteiger partial charge in [0.1, 0.15) is 0 Å². The maximum atomic E-state index is 10.4. The largest absolute Gasteiger partial charge is 0.480 e. The Morgan fingerprint density at radius 1 is 1.46 bits per heavy atom. The van der Waals surface area contributed by atoms with Gasteiger partial charge in [-0.25, -0.2) is 0 Å². The standard InChI is InChI=1S/C9H18O3S/c1-7(2)6-12-4-5-13-8(3)9(10)11/h7-8H,4-6H2,1-3H3,(H,10,11). The van der Waals surface area contributed by atoms with Crippen molar-refractivity contribution in [1.82, 2.24) is 0 Å². The van der Waals surface area contributed by atoms with Crippen molar-refractivity contribution in [3.63, 3.8) is 0 Å². The summed E-state index contributed by atoms with van der Waals surface area (Å²) < 4.78 is 5.31. The van der Waals surface area contributed by atoms with Gasteiger partial charge in [0.2, 0.25) is 0 Å². The number of thioether (sulfide) groups is 1. The number of hydrogen-bond acceptors (Lipinski definition) is 3. The molecule has 0 saturated carbocycles. The fourth-order valence-corrected chi connectivity index (χ4v) is 1.38. The van der Waals surface area contributed by atoms with Gasteiger partial charge in [-0.05, 0) is 12.8 Å². The lowest BCUT2D eigenvalue weighted by molar-refractivity contribution is -0.136. The van der Waals surface area contributed by atoms with E-state index in [1.807, 2.05) is 0 Å². The van der Waals surface area contributed by atoms with E-state index in [0.717, 1.165) is 12.4 Å². The Morgan fingerprint density at radius 2 is 2.08 bits per heavy atom. The summed E-state index contributed by atoms with van der Waals surface area (Å²) >= 11 is 1.41. The summed E-state index contributed by atoms with van der Waals surface area (Å²) in [5.41, 5.74) is 0. The van der Waals surface area contributed by atoms with Crippen molar-refractivity contribution >= 4 is 17.7 Å². The van der Waals surface area contributed by atoms with Crippen molar-refractivity contribution in [2.45, 2.75) is 26.0 Å². The maximum absolute atomic E-state index is 10.4. The number of hydrogen-bond donors (Lipinski definition) is 1. The van der Waals surface area contributed by atoms with Crippen molar-refractivity contribution in [1.29, 1.82) is 0 Å². The van der Waals surface area contributed by atoms with Crippen LogP contribution in [0.15, 0.2) is 0 Å². The number of rotatable bonds is 7. The van der Waals surface area contributed by atoms with Crippen LogP contribution in [0.3, 0.4) is 0 Å². The summed E-state index contributed by atoms with van der Waals surface area (Å²) in [5, 5.41) is 8.23. The summed E-state index contributed by atoms with van der Waals surface area (Å²) in [6, 6.07) is 0. The van der Waals surface area contributed by atoms with Gasteiger partial charge < -0.3 is 9.84 Å². The first-order valence-corrected chi connectivity index (χ1v) is 5.51. The topological polar surface area (TPSA) is 46.5 Å². The normalized spacial score (nSPS) is 13.2. The van der Waals surface area contributed by atoms with Gasteiger partial charge in [-0.1, -0.05) is 13.8 Å². The third kappa shape index (κ3) is 8.12. The number of carboxylic acids is 1. The molecule has 78 valence electrons. The Labute approximate surface area is 83.9 Å². The van der Waals surface area contributed by atoms with Gasteiger partial charge in [0.25, 0.3) is 0 Å². The molecule has 0 aromatic carbocycles. The minimum absolute atomic E-state index is 0.331. The van der Waals surface area contributed by atoms with E-state index in [0.29, 0.717) is 12.5 Å². The third-order valence-corrected chi connectivity index (χ3v) is 2.50. The molecular weight excluding hydrogens is 188 g/mol. The van der Waals surface area contributed by atoms with Crippen LogP contribution in [0.2, 0.25) is 0 Å². The van der Waals surface area contributed by atoms with Crippen LogP contribution in [0.4, 0.5) is 0 Å². The summed E-state index contributed by atoms with van der Waals surface area (Å²) in [4.78, 5) is 10.4. The summed E-state index contributed by atoms with van der Waals surface area (Å²) in [7, 11) is 0. The fourth-order valence-electron chi connectivity index (χ4n) is 0.674. The quantitative estimate of drug-likeness (QED) is 0.646. The van der Waals surface area contributed by atoms with E-state index in [4.69, 9.17) is 9.84 Å². The number of carboxylic acid groups (broad SMARTS) is 1. The van der Waals surface area contributed by atoms with E-state index in [-0.39, 0.29) is 5.25 Å². The van der Waals surface area contributed by atoms with Crippen molar-refractivity contribution < 1.29 is 14.6 Å². The molecule has 0 saturated heterocycles. The van der Waals surface area contributed by atoms with E-state index in [1.54, 1.807) is 6.92 Å².